The third-order valence-corrected chi connectivity index (χ3v) is 3.64. The number of unbranched alkanes of at least 4 members (excludes halogenated alkanes) is 2. The molecule has 1 aromatic heterocycles. The molecular weight excluding hydrogens is 246 g/mol. The standard InChI is InChI=1S/C13H21N3OS/c1-5-6-7-8-9-14-10-11-12(17-4)15-13(18-11)16(2)3/h1,14H,6-10H2,2-4H3. The average Bonchev–Trinajstić information content (AvgIpc) is 2.77. The van der Waals surface area contributed by atoms with Crippen molar-refractivity contribution in [3.8, 4) is 18.2 Å². The van der Waals surface area contributed by atoms with E-state index in [1.165, 1.54) is 0 Å². The van der Waals surface area contributed by atoms with Crippen LogP contribution in [0.4, 0.5) is 5.13 Å². The van der Waals surface area contributed by atoms with Crippen molar-refractivity contribution in [2.24, 2.45) is 0 Å². The second-order valence-electron chi connectivity index (χ2n) is 4.16. The van der Waals surface area contributed by atoms with Crippen LogP contribution in [0, 0.1) is 12.3 Å². The Morgan fingerprint density at radius 1 is 1.44 bits per heavy atom. The molecule has 0 spiro atoms. The molecular formula is C13H21N3OS. The van der Waals surface area contributed by atoms with Gasteiger partial charge in [-0.15, -0.1) is 12.3 Å². The van der Waals surface area contributed by atoms with Crippen molar-refractivity contribution >= 4 is 16.5 Å². The number of ether oxygens (including phenoxy) is 1. The van der Waals surface area contributed by atoms with Gasteiger partial charge in [-0.3, -0.25) is 0 Å². The van der Waals surface area contributed by atoms with Gasteiger partial charge in [0.25, 0.3) is 0 Å². The fourth-order valence-corrected chi connectivity index (χ4v) is 2.39. The van der Waals surface area contributed by atoms with Gasteiger partial charge in [0.15, 0.2) is 5.13 Å². The first-order valence-electron chi connectivity index (χ1n) is 6.04. The highest BCUT2D eigenvalue weighted by atomic mass is 32.1. The van der Waals surface area contributed by atoms with Crippen LogP contribution in [0.25, 0.3) is 0 Å². The zero-order chi connectivity index (χ0) is 13.4. The lowest BCUT2D eigenvalue weighted by molar-refractivity contribution is 0.394. The van der Waals surface area contributed by atoms with Gasteiger partial charge in [0.1, 0.15) is 0 Å². The zero-order valence-corrected chi connectivity index (χ0v) is 12.1. The van der Waals surface area contributed by atoms with E-state index in [1.807, 2.05) is 19.0 Å². The van der Waals surface area contributed by atoms with Crippen molar-refractivity contribution in [3.63, 3.8) is 0 Å². The zero-order valence-electron chi connectivity index (χ0n) is 11.3. The Labute approximate surface area is 113 Å². The number of anilines is 1. The summed E-state index contributed by atoms with van der Waals surface area (Å²) in [6, 6.07) is 0. The third-order valence-electron chi connectivity index (χ3n) is 2.44. The maximum Gasteiger partial charge on any atom is 0.230 e. The van der Waals surface area contributed by atoms with Crippen LogP contribution in [0.15, 0.2) is 0 Å². The first-order valence-corrected chi connectivity index (χ1v) is 6.86. The molecule has 0 atom stereocenters. The van der Waals surface area contributed by atoms with E-state index in [0.717, 1.165) is 48.2 Å². The van der Waals surface area contributed by atoms with E-state index < -0.39 is 0 Å². The Morgan fingerprint density at radius 2 is 2.22 bits per heavy atom. The van der Waals surface area contributed by atoms with Crippen molar-refractivity contribution < 1.29 is 4.74 Å². The topological polar surface area (TPSA) is 37.4 Å². The Kier molecular flexibility index (Phi) is 6.55. The molecule has 5 heteroatoms. The molecule has 4 nitrogen and oxygen atoms in total. The largest absolute Gasteiger partial charge is 0.480 e. The number of nitrogens with zero attached hydrogens (tertiary/aromatic N) is 2. The second kappa shape index (κ2) is 7.96. The van der Waals surface area contributed by atoms with Crippen LogP contribution in [0.1, 0.15) is 24.1 Å². The summed E-state index contributed by atoms with van der Waals surface area (Å²) < 4.78 is 5.28. The van der Waals surface area contributed by atoms with E-state index in [0.29, 0.717) is 0 Å². The van der Waals surface area contributed by atoms with Gasteiger partial charge in [0, 0.05) is 27.1 Å². The van der Waals surface area contributed by atoms with Crippen LogP contribution in [-0.2, 0) is 6.54 Å². The summed E-state index contributed by atoms with van der Waals surface area (Å²) in [7, 11) is 5.62. The Balaban J connectivity index is 2.39. The van der Waals surface area contributed by atoms with E-state index in [4.69, 9.17) is 11.2 Å². The van der Waals surface area contributed by atoms with Crippen LogP contribution in [-0.4, -0.2) is 32.7 Å². The van der Waals surface area contributed by atoms with Gasteiger partial charge < -0.3 is 15.0 Å². The Hall–Kier alpha value is -1.25. The number of hydrogen-bond donors (Lipinski definition) is 1. The fourth-order valence-electron chi connectivity index (χ4n) is 1.47. The maximum absolute atomic E-state index is 5.28. The van der Waals surface area contributed by atoms with E-state index >= 15 is 0 Å². The molecule has 0 radical (unpaired) electrons. The van der Waals surface area contributed by atoms with Gasteiger partial charge in [0.2, 0.25) is 5.88 Å². The lowest BCUT2D eigenvalue weighted by Crippen LogP contribution is -2.14. The molecule has 1 rings (SSSR count). The molecule has 0 aliphatic rings. The summed E-state index contributed by atoms with van der Waals surface area (Å²) in [5.41, 5.74) is 0. The number of hydrogen-bond acceptors (Lipinski definition) is 5. The van der Waals surface area contributed by atoms with Gasteiger partial charge in [0.05, 0.1) is 12.0 Å². The molecule has 0 fully saturated rings. The minimum atomic E-state index is 0.722. The maximum atomic E-state index is 5.28. The smallest absolute Gasteiger partial charge is 0.230 e. The lowest BCUT2D eigenvalue weighted by Gasteiger charge is -2.05. The van der Waals surface area contributed by atoms with Crippen molar-refractivity contribution in [2.75, 3.05) is 32.6 Å². The molecule has 1 N–H and O–H groups in total. The SMILES string of the molecule is C#CCCCCNCc1sc(N(C)C)nc1OC. The number of aromatic nitrogens is 1. The predicted molar refractivity (Wildman–Crippen MR) is 77.4 cm³/mol. The molecule has 0 saturated heterocycles. The molecule has 18 heavy (non-hydrogen) atoms. The summed E-state index contributed by atoms with van der Waals surface area (Å²) in [4.78, 5) is 7.54. The molecule has 0 aliphatic heterocycles. The van der Waals surface area contributed by atoms with Crippen molar-refractivity contribution in [2.45, 2.75) is 25.8 Å². The Morgan fingerprint density at radius 3 is 2.83 bits per heavy atom. The third kappa shape index (κ3) is 4.55. The van der Waals surface area contributed by atoms with E-state index in [1.54, 1.807) is 18.4 Å². The van der Waals surface area contributed by atoms with Gasteiger partial charge in [-0.2, -0.15) is 4.98 Å². The molecule has 0 aliphatic carbocycles. The summed E-state index contributed by atoms with van der Waals surface area (Å²) in [6.07, 6.45) is 8.24. The van der Waals surface area contributed by atoms with Gasteiger partial charge in [-0.05, 0) is 19.4 Å². The van der Waals surface area contributed by atoms with Crippen LogP contribution >= 0.6 is 11.3 Å². The first kappa shape index (κ1) is 14.8. The number of rotatable bonds is 8. The van der Waals surface area contributed by atoms with Crippen LogP contribution in [0.2, 0.25) is 0 Å². The summed E-state index contributed by atoms with van der Waals surface area (Å²) in [5, 5.41) is 4.36. The van der Waals surface area contributed by atoms with Crippen LogP contribution in [0.5, 0.6) is 5.88 Å². The van der Waals surface area contributed by atoms with E-state index in [2.05, 4.69) is 16.2 Å². The molecule has 0 bridgehead atoms. The summed E-state index contributed by atoms with van der Waals surface area (Å²) in [5.74, 6) is 3.37. The monoisotopic (exact) mass is 267 g/mol. The highest BCUT2D eigenvalue weighted by molar-refractivity contribution is 7.15. The summed E-state index contributed by atoms with van der Waals surface area (Å²) in [6.45, 7) is 1.77. The van der Waals surface area contributed by atoms with Crippen LogP contribution < -0.4 is 15.0 Å². The van der Waals surface area contributed by atoms with Crippen molar-refractivity contribution in [1.29, 1.82) is 0 Å². The minimum Gasteiger partial charge on any atom is -0.480 e. The number of nitrogens with one attached hydrogen (secondary N) is 1. The lowest BCUT2D eigenvalue weighted by atomic mass is 10.2. The predicted octanol–water partition coefficient (Wildman–Crippen LogP) is 2.11. The second-order valence-corrected chi connectivity index (χ2v) is 5.22. The molecule has 1 heterocycles. The van der Waals surface area contributed by atoms with E-state index in [-0.39, 0.29) is 0 Å². The highest BCUT2D eigenvalue weighted by Gasteiger charge is 2.12. The van der Waals surface area contributed by atoms with E-state index in [9.17, 15) is 0 Å². The minimum absolute atomic E-state index is 0.722. The Bertz CT molecular complexity index is 395. The molecule has 100 valence electrons. The number of thiazole rings is 1. The molecule has 0 saturated carbocycles. The van der Waals surface area contributed by atoms with Gasteiger partial charge >= 0.3 is 0 Å². The van der Waals surface area contributed by atoms with Crippen molar-refractivity contribution in [1.82, 2.24) is 10.3 Å². The molecule has 1 aromatic rings. The average molecular weight is 267 g/mol. The fraction of sp³-hybridized carbons (Fsp3) is 0.615. The summed E-state index contributed by atoms with van der Waals surface area (Å²) >= 11 is 1.66. The van der Waals surface area contributed by atoms with Crippen molar-refractivity contribution in [3.05, 3.63) is 4.88 Å². The first-order chi connectivity index (χ1) is 8.69. The van der Waals surface area contributed by atoms with Crippen LogP contribution in [0.3, 0.4) is 0 Å². The normalized spacial score (nSPS) is 10.1. The quantitative estimate of drug-likeness (QED) is 0.578. The number of terminal acetylenes is 1. The number of methoxy groups -OCH3 is 1. The van der Waals surface area contributed by atoms with Gasteiger partial charge in [-0.1, -0.05) is 11.3 Å². The van der Waals surface area contributed by atoms with Gasteiger partial charge in [-0.25, -0.2) is 0 Å². The molecule has 0 amide bonds. The highest BCUT2D eigenvalue weighted by Crippen LogP contribution is 2.30. The molecule has 0 unspecified atom stereocenters. The molecule has 0 aromatic carbocycles.